The average Bonchev–Trinajstić information content (AvgIpc) is 3.39. The molecule has 1 N–H and O–H groups in total. The summed E-state index contributed by atoms with van der Waals surface area (Å²) in [7, 11) is 0. The predicted molar refractivity (Wildman–Crippen MR) is 138 cm³/mol. The Balaban J connectivity index is 1.62. The zero-order valence-corrected chi connectivity index (χ0v) is 20.7. The van der Waals surface area contributed by atoms with Crippen LogP contribution in [0.25, 0.3) is 0 Å². The molecule has 4 rings (SSSR count). The third-order valence-electron chi connectivity index (χ3n) is 6.62. The number of aryl methyl sites for hydroxylation is 1. The Bertz CT molecular complexity index is 1160. The number of halogens is 1. The number of benzene rings is 3. The molecular weight excluding hydrogens is 455 g/mol. The molecule has 6 heteroatoms. The number of rotatable bonds is 10. The lowest BCUT2D eigenvalue weighted by Gasteiger charge is -2.32. The zero-order chi connectivity index (χ0) is 25.3. The maximum absolute atomic E-state index is 14.7. The maximum atomic E-state index is 14.7. The maximum Gasteiger partial charge on any atom is 0.261 e. The molecule has 3 aromatic rings. The van der Waals surface area contributed by atoms with E-state index in [0.717, 1.165) is 36.8 Å². The molecule has 2 amide bonds. The lowest BCUT2D eigenvalue weighted by molar-refractivity contribution is -0.143. The Morgan fingerprint density at radius 2 is 1.72 bits per heavy atom. The number of carbonyl (C=O) groups is 2. The van der Waals surface area contributed by atoms with Crippen LogP contribution in [0, 0.1) is 12.7 Å². The molecule has 0 radical (unpaired) electrons. The van der Waals surface area contributed by atoms with Gasteiger partial charge < -0.3 is 15.0 Å². The quantitative estimate of drug-likeness (QED) is 0.426. The first-order chi connectivity index (χ1) is 17.5. The Hall–Kier alpha value is -3.67. The second-order valence-corrected chi connectivity index (χ2v) is 9.41. The molecule has 1 aliphatic rings. The average molecular weight is 489 g/mol. The van der Waals surface area contributed by atoms with Gasteiger partial charge in [0.1, 0.15) is 17.6 Å². The number of ether oxygens (including phenoxy) is 1. The van der Waals surface area contributed by atoms with Crippen molar-refractivity contribution in [2.45, 2.75) is 57.7 Å². The summed E-state index contributed by atoms with van der Waals surface area (Å²) in [5, 5.41) is 3.15. The van der Waals surface area contributed by atoms with Crippen LogP contribution >= 0.6 is 0 Å². The van der Waals surface area contributed by atoms with E-state index in [4.69, 9.17) is 4.74 Å². The highest BCUT2D eigenvalue weighted by molar-refractivity contribution is 5.88. The van der Waals surface area contributed by atoms with Gasteiger partial charge in [-0.25, -0.2) is 4.39 Å². The molecule has 0 bridgehead atoms. The summed E-state index contributed by atoms with van der Waals surface area (Å²) in [4.78, 5) is 28.7. The SMILES string of the molecule is Cc1cccc(OCC(=O)N(Cc2ccccc2F)[C@@H](Cc2ccccc2)C(=O)NC2CCCC2)c1. The monoisotopic (exact) mass is 488 g/mol. The van der Waals surface area contributed by atoms with Crippen LogP contribution < -0.4 is 10.1 Å². The van der Waals surface area contributed by atoms with E-state index >= 15 is 0 Å². The van der Waals surface area contributed by atoms with Crippen LogP contribution in [0.5, 0.6) is 5.75 Å². The third kappa shape index (κ3) is 6.94. The van der Waals surface area contributed by atoms with Crippen molar-refractivity contribution in [2.24, 2.45) is 0 Å². The minimum Gasteiger partial charge on any atom is -0.484 e. The van der Waals surface area contributed by atoms with Crippen LogP contribution in [0.4, 0.5) is 4.39 Å². The van der Waals surface area contributed by atoms with E-state index < -0.39 is 11.9 Å². The highest BCUT2D eigenvalue weighted by Crippen LogP contribution is 2.21. The molecule has 0 saturated heterocycles. The first-order valence-electron chi connectivity index (χ1n) is 12.6. The van der Waals surface area contributed by atoms with Gasteiger partial charge in [-0.05, 0) is 49.1 Å². The van der Waals surface area contributed by atoms with Crippen LogP contribution in [0.15, 0.2) is 78.9 Å². The Morgan fingerprint density at radius 3 is 2.44 bits per heavy atom. The predicted octanol–water partition coefficient (Wildman–Crippen LogP) is 5.21. The van der Waals surface area contributed by atoms with Gasteiger partial charge in [0.05, 0.1) is 0 Å². The minimum absolute atomic E-state index is 0.0295. The first-order valence-corrected chi connectivity index (χ1v) is 12.6. The Labute approximate surface area is 212 Å². The highest BCUT2D eigenvalue weighted by Gasteiger charge is 2.32. The standard InChI is InChI=1S/C30H33FN2O3/c1-22-10-9-16-26(18-22)36-21-29(34)33(20-24-13-5-8-17-27(24)31)28(19-23-11-3-2-4-12-23)30(35)32-25-14-6-7-15-25/h2-5,8-13,16-18,25,28H,6-7,14-15,19-21H2,1H3,(H,32,35)/t28-/m0/s1. The molecule has 0 unspecified atom stereocenters. The van der Waals surface area contributed by atoms with Gasteiger partial charge in [0.25, 0.3) is 5.91 Å². The van der Waals surface area contributed by atoms with Crippen molar-refractivity contribution >= 4 is 11.8 Å². The van der Waals surface area contributed by atoms with Crippen LogP contribution in [-0.4, -0.2) is 35.4 Å². The van der Waals surface area contributed by atoms with Gasteiger partial charge in [-0.3, -0.25) is 9.59 Å². The Kier molecular flexibility index (Phi) is 8.71. The van der Waals surface area contributed by atoms with E-state index in [1.165, 1.54) is 11.0 Å². The Morgan fingerprint density at radius 1 is 1.00 bits per heavy atom. The van der Waals surface area contributed by atoms with Gasteiger partial charge in [-0.15, -0.1) is 0 Å². The van der Waals surface area contributed by atoms with Gasteiger partial charge in [0.15, 0.2) is 6.61 Å². The second kappa shape index (κ2) is 12.3. The second-order valence-electron chi connectivity index (χ2n) is 9.41. The van der Waals surface area contributed by atoms with Gasteiger partial charge in [-0.1, -0.05) is 73.5 Å². The van der Waals surface area contributed by atoms with Gasteiger partial charge in [0, 0.05) is 24.6 Å². The van der Waals surface area contributed by atoms with E-state index in [1.807, 2.05) is 55.5 Å². The van der Waals surface area contributed by atoms with Crippen molar-refractivity contribution in [1.29, 1.82) is 0 Å². The molecule has 1 fully saturated rings. The fourth-order valence-corrected chi connectivity index (χ4v) is 4.66. The van der Waals surface area contributed by atoms with Crippen molar-refractivity contribution in [3.8, 4) is 5.75 Å². The van der Waals surface area contributed by atoms with Crippen LogP contribution in [0.1, 0.15) is 42.4 Å². The summed E-state index contributed by atoms with van der Waals surface area (Å²) < 4.78 is 20.5. The van der Waals surface area contributed by atoms with Crippen LogP contribution in [0.3, 0.4) is 0 Å². The molecule has 36 heavy (non-hydrogen) atoms. The van der Waals surface area contributed by atoms with E-state index in [1.54, 1.807) is 24.3 Å². The molecular formula is C30H33FN2O3. The number of nitrogens with zero attached hydrogens (tertiary/aromatic N) is 1. The third-order valence-corrected chi connectivity index (χ3v) is 6.62. The fourth-order valence-electron chi connectivity index (χ4n) is 4.66. The van der Waals surface area contributed by atoms with E-state index in [2.05, 4.69) is 5.32 Å². The summed E-state index contributed by atoms with van der Waals surface area (Å²) in [5.41, 5.74) is 2.30. The van der Waals surface area contributed by atoms with Crippen molar-refractivity contribution in [3.05, 3.63) is 101 Å². The molecule has 0 spiro atoms. The molecule has 0 aliphatic heterocycles. The molecule has 0 heterocycles. The van der Waals surface area contributed by atoms with Crippen molar-refractivity contribution in [2.75, 3.05) is 6.61 Å². The summed E-state index contributed by atoms with van der Waals surface area (Å²) >= 11 is 0. The fraction of sp³-hybridized carbons (Fsp3) is 0.333. The van der Waals surface area contributed by atoms with Crippen LogP contribution in [-0.2, 0) is 22.6 Å². The van der Waals surface area contributed by atoms with Crippen molar-refractivity contribution < 1.29 is 18.7 Å². The van der Waals surface area contributed by atoms with Gasteiger partial charge in [0.2, 0.25) is 5.91 Å². The van der Waals surface area contributed by atoms with Crippen molar-refractivity contribution in [1.82, 2.24) is 10.2 Å². The molecule has 0 aromatic heterocycles. The zero-order valence-electron chi connectivity index (χ0n) is 20.7. The first kappa shape index (κ1) is 25.4. The number of carbonyl (C=O) groups excluding carboxylic acids is 2. The summed E-state index contributed by atoms with van der Waals surface area (Å²) in [5.74, 6) is -0.429. The molecule has 5 nitrogen and oxygen atoms in total. The normalized spacial score (nSPS) is 14.3. The van der Waals surface area contributed by atoms with E-state index in [-0.39, 0.29) is 31.0 Å². The lowest BCUT2D eigenvalue weighted by Crippen LogP contribution is -2.53. The highest BCUT2D eigenvalue weighted by atomic mass is 19.1. The topological polar surface area (TPSA) is 58.6 Å². The van der Waals surface area contributed by atoms with E-state index in [9.17, 15) is 14.0 Å². The van der Waals surface area contributed by atoms with Gasteiger partial charge >= 0.3 is 0 Å². The summed E-state index contributed by atoms with van der Waals surface area (Å²) in [6.45, 7) is 1.67. The number of hydrogen-bond donors (Lipinski definition) is 1. The molecule has 3 aromatic carbocycles. The number of hydrogen-bond acceptors (Lipinski definition) is 3. The summed E-state index contributed by atoms with van der Waals surface area (Å²) in [6.07, 6.45) is 4.35. The largest absolute Gasteiger partial charge is 0.484 e. The smallest absolute Gasteiger partial charge is 0.261 e. The molecule has 1 saturated carbocycles. The minimum atomic E-state index is -0.804. The van der Waals surface area contributed by atoms with Crippen LogP contribution in [0.2, 0.25) is 0 Å². The molecule has 1 atom stereocenters. The lowest BCUT2D eigenvalue weighted by atomic mass is 10.0. The molecule has 1 aliphatic carbocycles. The van der Waals surface area contributed by atoms with Gasteiger partial charge in [-0.2, -0.15) is 0 Å². The van der Waals surface area contributed by atoms with Crippen molar-refractivity contribution in [3.63, 3.8) is 0 Å². The summed E-state index contributed by atoms with van der Waals surface area (Å²) in [6, 6.07) is 22.7. The number of nitrogens with one attached hydrogen (secondary N) is 1. The van der Waals surface area contributed by atoms with E-state index in [0.29, 0.717) is 17.7 Å². The number of amides is 2. The molecule has 188 valence electrons.